The third-order valence-electron chi connectivity index (χ3n) is 2.88. The summed E-state index contributed by atoms with van der Waals surface area (Å²) in [6.07, 6.45) is 1.97. The van der Waals surface area contributed by atoms with Crippen molar-refractivity contribution < 1.29 is 9.72 Å². The smallest absolute Gasteiger partial charge is 0.293 e. The van der Waals surface area contributed by atoms with Crippen molar-refractivity contribution >= 4 is 22.4 Å². The van der Waals surface area contributed by atoms with E-state index < -0.39 is 4.92 Å². The van der Waals surface area contributed by atoms with E-state index in [1.807, 2.05) is 20.8 Å². The van der Waals surface area contributed by atoms with Crippen molar-refractivity contribution in [3.63, 3.8) is 0 Å². The van der Waals surface area contributed by atoms with Gasteiger partial charge in [0.25, 0.3) is 5.69 Å². The molecule has 0 amide bonds. The van der Waals surface area contributed by atoms with Crippen molar-refractivity contribution in [3.8, 4) is 0 Å². The van der Waals surface area contributed by atoms with Crippen LogP contribution in [0.4, 0.5) is 5.69 Å². The normalized spacial score (nSPS) is 11.7. The Kier molecular flexibility index (Phi) is 3.14. The van der Waals surface area contributed by atoms with Gasteiger partial charge in [0.15, 0.2) is 5.78 Å². The van der Waals surface area contributed by atoms with Gasteiger partial charge in [-0.15, -0.1) is 0 Å². The van der Waals surface area contributed by atoms with Crippen LogP contribution in [0.5, 0.6) is 0 Å². The maximum absolute atomic E-state index is 12.2. The predicted molar refractivity (Wildman–Crippen MR) is 73.4 cm³/mol. The number of nitro benzene ring substituents is 1. The predicted octanol–water partition coefficient (Wildman–Crippen LogP) is 3.70. The van der Waals surface area contributed by atoms with E-state index in [-0.39, 0.29) is 16.9 Å². The summed E-state index contributed by atoms with van der Waals surface area (Å²) in [7, 11) is 0. The second kappa shape index (κ2) is 4.50. The molecule has 2 aromatic rings. The van der Waals surface area contributed by atoms with Gasteiger partial charge in [0.1, 0.15) is 5.52 Å². The van der Waals surface area contributed by atoms with Gasteiger partial charge in [-0.05, 0) is 5.41 Å². The fourth-order valence-corrected chi connectivity index (χ4v) is 2.10. The lowest BCUT2D eigenvalue weighted by Gasteiger charge is -2.16. The quantitative estimate of drug-likeness (QED) is 0.519. The molecule has 0 radical (unpaired) electrons. The van der Waals surface area contributed by atoms with Crippen LogP contribution >= 0.6 is 0 Å². The number of non-ortho nitro benzene ring substituents is 1. The number of carbonyl (C=O) groups excluding carboxylic acids is 1. The largest absolute Gasteiger partial charge is 0.355 e. The van der Waals surface area contributed by atoms with Crippen LogP contribution in [0.3, 0.4) is 0 Å². The Morgan fingerprint density at radius 2 is 2.05 bits per heavy atom. The Morgan fingerprint density at radius 1 is 1.37 bits per heavy atom. The van der Waals surface area contributed by atoms with Crippen LogP contribution in [0, 0.1) is 15.5 Å². The number of benzene rings is 1. The summed E-state index contributed by atoms with van der Waals surface area (Å²) in [4.78, 5) is 25.5. The number of rotatable bonds is 3. The topological polar surface area (TPSA) is 76.0 Å². The number of H-pyrrole nitrogens is 1. The second-order valence-corrected chi connectivity index (χ2v) is 5.82. The van der Waals surface area contributed by atoms with E-state index in [9.17, 15) is 14.9 Å². The van der Waals surface area contributed by atoms with Crippen LogP contribution in [0.25, 0.3) is 10.9 Å². The number of hydrogen-bond acceptors (Lipinski definition) is 3. The van der Waals surface area contributed by atoms with Gasteiger partial charge in [0.2, 0.25) is 0 Å². The second-order valence-electron chi connectivity index (χ2n) is 5.82. The number of nitrogens with zero attached hydrogens (tertiary/aromatic N) is 1. The number of hydrogen-bond donors (Lipinski definition) is 1. The first-order chi connectivity index (χ1) is 8.79. The van der Waals surface area contributed by atoms with Crippen molar-refractivity contribution in [1.29, 1.82) is 0 Å². The molecule has 0 spiro atoms. The Labute approximate surface area is 110 Å². The highest BCUT2D eigenvalue weighted by Gasteiger charge is 2.22. The Hall–Kier alpha value is -2.17. The monoisotopic (exact) mass is 260 g/mol. The third kappa shape index (κ3) is 2.65. The zero-order valence-corrected chi connectivity index (χ0v) is 11.2. The van der Waals surface area contributed by atoms with Gasteiger partial charge in [-0.3, -0.25) is 14.9 Å². The molecule has 19 heavy (non-hydrogen) atoms. The minimum Gasteiger partial charge on any atom is -0.355 e. The average Bonchev–Trinajstić information content (AvgIpc) is 2.69. The van der Waals surface area contributed by atoms with Gasteiger partial charge < -0.3 is 4.98 Å². The molecule has 0 fully saturated rings. The SMILES string of the molecule is CC(C)(C)CC(=O)c1c[nH]c2c([N+](=O)[O-])cccc12. The van der Waals surface area contributed by atoms with Crippen LogP contribution < -0.4 is 0 Å². The van der Waals surface area contributed by atoms with Gasteiger partial charge >= 0.3 is 0 Å². The summed E-state index contributed by atoms with van der Waals surface area (Å²) in [5.74, 6) is -0.000696. The van der Waals surface area contributed by atoms with E-state index in [0.717, 1.165) is 0 Å². The van der Waals surface area contributed by atoms with E-state index in [1.54, 1.807) is 18.3 Å². The fourth-order valence-electron chi connectivity index (χ4n) is 2.10. The molecule has 100 valence electrons. The first-order valence-electron chi connectivity index (χ1n) is 6.07. The maximum atomic E-state index is 12.2. The summed E-state index contributed by atoms with van der Waals surface area (Å²) in [5, 5.41) is 11.5. The number of fused-ring (bicyclic) bond motifs is 1. The number of Topliss-reactive ketones (excluding diaryl/α,β-unsaturated/α-hetero) is 1. The van der Waals surface area contributed by atoms with E-state index in [4.69, 9.17) is 0 Å². The van der Waals surface area contributed by atoms with Gasteiger partial charge in [-0.1, -0.05) is 32.9 Å². The van der Waals surface area contributed by atoms with Crippen LogP contribution in [-0.2, 0) is 0 Å². The van der Waals surface area contributed by atoms with Gasteiger partial charge in [-0.25, -0.2) is 0 Å². The van der Waals surface area contributed by atoms with Gasteiger partial charge in [-0.2, -0.15) is 0 Å². The molecule has 5 nitrogen and oxygen atoms in total. The molecule has 0 atom stereocenters. The van der Waals surface area contributed by atoms with Gasteiger partial charge in [0, 0.05) is 29.6 Å². The summed E-state index contributed by atoms with van der Waals surface area (Å²) in [5.41, 5.74) is 0.812. The lowest BCUT2D eigenvalue weighted by Crippen LogP contribution is -2.12. The Balaban J connectivity index is 2.50. The van der Waals surface area contributed by atoms with E-state index in [1.165, 1.54) is 6.07 Å². The summed E-state index contributed by atoms with van der Waals surface area (Å²) in [6.45, 7) is 5.96. The molecule has 0 unspecified atom stereocenters. The number of carbonyl (C=O) groups is 1. The third-order valence-corrected chi connectivity index (χ3v) is 2.88. The Bertz CT molecular complexity index is 650. The molecule has 0 aliphatic rings. The van der Waals surface area contributed by atoms with E-state index in [2.05, 4.69) is 4.98 Å². The first kappa shape index (κ1) is 13.3. The molecule has 0 bridgehead atoms. The van der Waals surface area contributed by atoms with Crippen molar-refractivity contribution in [2.45, 2.75) is 27.2 Å². The lowest BCUT2D eigenvalue weighted by molar-refractivity contribution is -0.383. The molecular formula is C14H16N2O3. The van der Waals surface area contributed by atoms with Crippen LogP contribution in [0.15, 0.2) is 24.4 Å². The number of para-hydroxylation sites is 1. The highest BCUT2D eigenvalue weighted by molar-refractivity contribution is 6.09. The van der Waals surface area contributed by atoms with Crippen molar-refractivity contribution in [1.82, 2.24) is 4.98 Å². The van der Waals surface area contributed by atoms with Crippen LogP contribution in [-0.4, -0.2) is 15.7 Å². The zero-order chi connectivity index (χ0) is 14.2. The standard InChI is InChI=1S/C14H16N2O3/c1-14(2,3)7-12(17)10-8-15-13-9(10)5-4-6-11(13)16(18)19/h4-6,8,15H,7H2,1-3H3. The molecule has 1 aromatic heterocycles. The minimum absolute atomic E-state index is 0.000696. The van der Waals surface area contributed by atoms with Crippen LogP contribution in [0.1, 0.15) is 37.6 Å². The molecular weight excluding hydrogens is 244 g/mol. The number of nitro groups is 1. The molecule has 1 heterocycles. The lowest BCUT2D eigenvalue weighted by atomic mass is 9.88. The minimum atomic E-state index is -0.448. The van der Waals surface area contributed by atoms with Crippen LogP contribution in [0.2, 0.25) is 0 Å². The summed E-state index contributed by atoms with van der Waals surface area (Å²) >= 11 is 0. The van der Waals surface area contributed by atoms with Gasteiger partial charge in [0.05, 0.1) is 4.92 Å². The highest BCUT2D eigenvalue weighted by Crippen LogP contribution is 2.29. The molecule has 0 aliphatic heterocycles. The highest BCUT2D eigenvalue weighted by atomic mass is 16.6. The van der Waals surface area contributed by atoms with E-state index in [0.29, 0.717) is 22.9 Å². The summed E-state index contributed by atoms with van der Waals surface area (Å²) in [6, 6.07) is 4.76. The Morgan fingerprint density at radius 3 is 2.63 bits per heavy atom. The molecule has 0 saturated carbocycles. The summed E-state index contributed by atoms with van der Waals surface area (Å²) < 4.78 is 0. The molecule has 1 N–H and O–H groups in total. The average molecular weight is 260 g/mol. The van der Waals surface area contributed by atoms with Crippen molar-refractivity contribution in [3.05, 3.63) is 40.1 Å². The number of aromatic amines is 1. The number of ketones is 1. The molecule has 5 heteroatoms. The fraction of sp³-hybridized carbons (Fsp3) is 0.357. The maximum Gasteiger partial charge on any atom is 0.293 e. The molecule has 0 saturated heterocycles. The zero-order valence-electron chi connectivity index (χ0n) is 11.2. The first-order valence-corrected chi connectivity index (χ1v) is 6.07. The molecule has 0 aliphatic carbocycles. The number of nitrogens with one attached hydrogen (secondary N) is 1. The number of aromatic nitrogens is 1. The molecule has 1 aromatic carbocycles. The van der Waals surface area contributed by atoms with Crippen molar-refractivity contribution in [2.75, 3.05) is 0 Å². The van der Waals surface area contributed by atoms with Crippen molar-refractivity contribution in [2.24, 2.45) is 5.41 Å². The molecule has 2 rings (SSSR count). The van der Waals surface area contributed by atoms with E-state index >= 15 is 0 Å².